The number of rotatable bonds is 3. The van der Waals surface area contributed by atoms with Crippen molar-refractivity contribution in [3.63, 3.8) is 0 Å². The van der Waals surface area contributed by atoms with Gasteiger partial charge in [0.15, 0.2) is 0 Å². The molecule has 0 unspecified atom stereocenters. The Labute approximate surface area is 144 Å². The number of halogens is 3. The van der Waals surface area contributed by atoms with Gasteiger partial charge < -0.3 is 9.84 Å². The molecule has 0 saturated carbocycles. The van der Waals surface area contributed by atoms with Crippen LogP contribution in [0.2, 0.25) is 0 Å². The van der Waals surface area contributed by atoms with Crippen molar-refractivity contribution >= 4 is 5.97 Å². The Bertz CT molecular complexity index is 757. The maximum atomic E-state index is 12.9. The predicted molar refractivity (Wildman–Crippen MR) is 88.0 cm³/mol. The molecule has 0 spiro atoms. The molecule has 0 bridgehead atoms. The lowest BCUT2D eigenvalue weighted by Gasteiger charge is -2.19. The van der Waals surface area contributed by atoms with Gasteiger partial charge in [-0.1, -0.05) is 18.2 Å². The smallest absolute Gasteiger partial charge is 0.416 e. The quantitative estimate of drug-likeness (QED) is 0.806. The molecule has 0 atom stereocenters. The monoisotopic (exact) mass is 352 g/mol. The first-order valence-electron chi connectivity index (χ1n) is 7.66. The highest BCUT2D eigenvalue weighted by Gasteiger charge is 2.31. The summed E-state index contributed by atoms with van der Waals surface area (Å²) in [5, 5.41) is 9.39. The van der Waals surface area contributed by atoms with Gasteiger partial charge in [0.1, 0.15) is 5.60 Å². The number of ether oxygens (including phenoxy) is 1. The van der Waals surface area contributed by atoms with Crippen molar-refractivity contribution in [2.24, 2.45) is 0 Å². The fourth-order valence-corrected chi connectivity index (χ4v) is 2.28. The molecule has 0 radical (unpaired) electrons. The molecule has 0 aliphatic rings. The Hall–Kier alpha value is -2.34. The van der Waals surface area contributed by atoms with Gasteiger partial charge in [0.2, 0.25) is 0 Å². The van der Waals surface area contributed by atoms with Crippen LogP contribution in [-0.4, -0.2) is 16.7 Å². The number of carbonyl (C=O) groups excluding carboxylic acids is 1. The number of alkyl halides is 3. The van der Waals surface area contributed by atoms with Crippen molar-refractivity contribution in [3.8, 4) is 11.1 Å². The van der Waals surface area contributed by atoms with E-state index in [0.29, 0.717) is 16.7 Å². The minimum atomic E-state index is -4.47. The summed E-state index contributed by atoms with van der Waals surface area (Å²) in [6.07, 6.45) is -4.47. The van der Waals surface area contributed by atoms with Gasteiger partial charge in [-0.25, -0.2) is 4.79 Å². The molecule has 0 aliphatic carbocycles. The fourth-order valence-electron chi connectivity index (χ4n) is 2.28. The van der Waals surface area contributed by atoms with E-state index < -0.39 is 23.3 Å². The molecule has 3 nitrogen and oxygen atoms in total. The molecule has 0 amide bonds. The Morgan fingerprint density at radius 1 is 1.04 bits per heavy atom. The van der Waals surface area contributed by atoms with E-state index in [1.807, 2.05) is 0 Å². The van der Waals surface area contributed by atoms with Crippen molar-refractivity contribution in [2.45, 2.75) is 39.2 Å². The van der Waals surface area contributed by atoms with E-state index in [-0.39, 0.29) is 12.2 Å². The van der Waals surface area contributed by atoms with E-state index in [0.717, 1.165) is 12.1 Å². The molecular formula is C19H19F3O3. The van der Waals surface area contributed by atoms with Crippen LogP contribution in [0.1, 0.15) is 42.3 Å². The Balaban J connectivity index is 2.38. The third-order valence-electron chi connectivity index (χ3n) is 3.44. The second-order valence-electron chi connectivity index (χ2n) is 6.61. The third-order valence-corrected chi connectivity index (χ3v) is 3.44. The highest BCUT2D eigenvalue weighted by molar-refractivity contribution is 5.90. The van der Waals surface area contributed by atoms with Crippen molar-refractivity contribution in [1.29, 1.82) is 0 Å². The second-order valence-corrected chi connectivity index (χ2v) is 6.61. The van der Waals surface area contributed by atoms with E-state index in [1.165, 1.54) is 30.3 Å². The highest BCUT2D eigenvalue weighted by atomic mass is 19.4. The zero-order chi connectivity index (χ0) is 18.8. The lowest BCUT2D eigenvalue weighted by molar-refractivity contribution is -0.137. The van der Waals surface area contributed by atoms with Crippen molar-refractivity contribution in [2.75, 3.05) is 0 Å². The summed E-state index contributed by atoms with van der Waals surface area (Å²) in [5.74, 6) is -0.509. The second kappa shape index (κ2) is 6.88. The highest BCUT2D eigenvalue weighted by Crippen LogP contribution is 2.34. The topological polar surface area (TPSA) is 46.5 Å². The maximum Gasteiger partial charge on any atom is 0.416 e. The number of carbonyl (C=O) groups is 1. The van der Waals surface area contributed by atoms with Gasteiger partial charge in [-0.15, -0.1) is 0 Å². The van der Waals surface area contributed by atoms with Gasteiger partial charge in [-0.2, -0.15) is 13.2 Å². The number of aliphatic hydroxyl groups excluding tert-OH is 1. The summed E-state index contributed by atoms with van der Waals surface area (Å²) in [4.78, 5) is 12.0. The van der Waals surface area contributed by atoms with Crippen LogP contribution in [0.25, 0.3) is 11.1 Å². The minimum Gasteiger partial charge on any atom is -0.456 e. The number of hydrogen-bond acceptors (Lipinski definition) is 3. The molecule has 2 aromatic rings. The summed E-state index contributed by atoms with van der Waals surface area (Å²) in [6, 6.07) is 9.23. The van der Waals surface area contributed by atoms with Crippen LogP contribution in [0.4, 0.5) is 13.2 Å². The lowest BCUT2D eigenvalue weighted by atomic mass is 9.96. The normalized spacial score (nSPS) is 12.1. The summed E-state index contributed by atoms with van der Waals surface area (Å²) in [5.41, 5.74) is -0.0124. The maximum absolute atomic E-state index is 12.9. The predicted octanol–water partition coefficient (Wildman–Crippen LogP) is 4.82. The fraction of sp³-hybridized carbons (Fsp3) is 0.316. The zero-order valence-corrected chi connectivity index (χ0v) is 14.1. The van der Waals surface area contributed by atoms with Gasteiger partial charge >= 0.3 is 12.1 Å². The number of hydrogen-bond donors (Lipinski definition) is 1. The Morgan fingerprint density at radius 3 is 2.12 bits per heavy atom. The van der Waals surface area contributed by atoms with Crippen LogP contribution in [0.15, 0.2) is 42.5 Å². The molecule has 1 N–H and O–H groups in total. The van der Waals surface area contributed by atoms with Crippen molar-refractivity contribution in [1.82, 2.24) is 0 Å². The molecule has 2 rings (SSSR count). The molecule has 0 fully saturated rings. The molecule has 0 saturated heterocycles. The third kappa shape index (κ3) is 4.82. The summed E-state index contributed by atoms with van der Waals surface area (Å²) in [7, 11) is 0. The van der Waals surface area contributed by atoms with Crippen LogP contribution in [0, 0.1) is 0 Å². The van der Waals surface area contributed by atoms with E-state index in [2.05, 4.69) is 0 Å². The molecule has 0 aromatic heterocycles. The first-order chi connectivity index (χ1) is 11.5. The Kier molecular flexibility index (Phi) is 5.23. The standard InChI is InChI=1S/C19H19F3O3/c1-18(2,3)25-17(24)13-6-4-12(5-7-13)16-10-15(19(20,21)22)9-8-14(16)11-23/h4-10,23H,11H2,1-3H3. The van der Waals surface area contributed by atoms with E-state index >= 15 is 0 Å². The zero-order valence-electron chi connectivity index (χ0n) is 14.1. The van der Waals surface area contributed by atoms with Gasteiger partial charge in [0.05, 0.1) is 17.7 Å². The molecule has 0 heterocycles. The molecule has 6 heteroatoms. The number of esters is 1. The number of aliphatic hydroxyl groups is 1. The molecular weight excluding hydrogens is 333 g/mol. The lowest BCUT2D eigenvalue weighted by Crippen LogP contribution is -2.23. The Morgan fingerprint density at radius 2 is 1.64 bits per heavy atom. The van der Waals surface area contributed by atoms with Gasteiger partial charge in [-0.3, -0.25) is 0 Å². The molecule has 0 aliphatic heterocycles. The van der Waals surface area contributed by atoms with Gasteiger partial charge in [0.25, 0.3) is 0 Å². The SMILES string of the molecule is CC(C)(C)OC(=O)c1ccc(-c2cc(C(F)(F)F)ccc2CO)cc1. The molecule has 134 valence electrons. The first kappa shape index (κ1) is 19.0. The van der Waals surface area contributed by atoms with E-state index in [4.69, 9.17) is 4.74 Å². The minimum absolute atomic E-state index is 0.271. The summed E-state index contributed by atoms with van der Waals surface area (Å²) >= 11 is 0. The molecule has 25 heavy (non-hydrogen) atoms. The summed E-state index contributed by atoms with van der Waals surface area (Å²) < 4.78 is 44.0. The van der Waals surface area contributed by atoms with Crippen LogP contribution in [0.3, 0.4) is 0 Å². The average molecular weight is 352 g/mol. The van der Waals surface area contributed by atoms with E-state index in [1.54, 1.807) is 20.8 Å². The number of benzene rings is 2. The van der Waals surface area contributed by atoms with Gasteiger partial charge in [-0.05, 0) is 61.7 Å². The van der Waals surface area contributed by atoms with E-state index in [9.17, 15) is 23.1 Å². The first-order valence-corrected chi connectivity index (χ1v) is 7.66. The van der Waals surface area contributed by atoms with Crippen LogP contribution in [-0.2, 0) is 17.5 Å². The van der Waals surface area contributed by atoms with Crippen LogP contribution in [0.5, 0.6) is 0 Å². The molecule has 2 aromatic carbocycles. The van der Waals surface area contributed by atoms with Crippen molar-refractivity contribution in [3.05, 3.63) is 59.2 Å². The van der Waals surface area contributed by atoms with Crippen LogP contribution >= 0.6 is 0 Å². The summed E-state index contributed by atoms with van der Waals surface area (Å²) in [6.45, 7) is 4.85. The largest absolute Gasteiger partial charge is 0.456 e. The average Bonchev–Trinajstić information content (AvgIpc) is 2.52. The van der Waals surface area contributed by atoms with Gasteiger partial charge in [0, 0.05) is 0 Å². The van der Waals surface area contributed by atoms with Crippen molar-refractivity contribution < 1.29 is 27.8 Å². The van der Waals surface area contributed by atoms with Crippen LogP contribution < -0.4 is 0 Å².